The van der Waals surface area contributed by atoms with Gasteiger partial charge >= 0.3 is 6.01 Å². The fourth-order valence-electron chi connectivity index (χ4n) is 1.55. The van der Waals surface area contributed by atoms with Gasteiger partial charge in [-0.3, -0.25) is 4.90 Å². The number of morpholine rings is 1. The van der Waals surface area contributed by atoms with E-state index in [2.05, 4.69) is 14.9 Å². The Morgan fingerprint density at radius 2 is 2.00 bits per heavy atom. The molecule has 88 valence electrons. The van der Waals surface area contributed by atoms with Gasteiger partial charge in [-0.15, -0.1) is 0 Å². The zero-order valence-corrected chi connectivity index (χ0v) is 9.56. The third-order valence-electron chi connectivity index (χ3n) is 2.50. The van der Waals surface area contributed by atoms with Crippen molar-refractivity contribution in [2.75, 3.05) is 39.5 Å². The first-order chi connectivity index (χ1) is 7.84. The van der Waals surface area contributed by atoms with Crippen molar-refractivity contribution in [3.05, 3.63) is 18.0 Å². The van der Waals surface area contributed by atoms with E-state index < -0.39 is 0 Å². The Labute approximate surface area is 95.4 Å². The van der Waals surface area contributed by atoms with E-state index in [1.807, 2.05) is 6.92 Å². The average molecular weight is 223 g/mol. The minimum Gasteiger partial charge on any atom is -0.462 e. The molecule has 0 atom stereocenters. The molecule has 0 bridgehead atoms. The monoisotopic (exact) mass is 223 g/mol. The first kappa shape index (κ1) is 11.3. The molecule has 1 fully saturated rings. The summed E-state index contributed by atoms with van der Waals surface area (Å²) in [6.07, 6.45) is 3.52. The zero-order valence-electron chi connectivity index (χ0n) is 9.56. The molecule has 1 aromatic heterocycles. The smallest absolute Gasteiger partial charge is 0.316 e. The third-order valence-corrected chi connectivity index (χ3v) is 2.50. The fourth-order valence-corrected chi connectivity index (χ4v) is 1.55. The topological polar surface area (TPSA) is 47.5 Å². The lowest BCUT2D eigenvalue weighted by atomic mass is 10.4. The van der Waals surface area contributed by atoms with E-state index in [1.165, 1.54) is 0 Å². The Hall–Kier alpha value is -1.20. The highest BCUT2D eigenvalue weighted by molar-refractivity contribution is 5.04. The molecule has 2 rings (SSSR count). The van der Waals surface area contributed by atoms with Crippen molar-refractivity contribution in [1.82, 2.24) is 14.9 Å². The van der Waals surface area contributed by atoms with Crippen molar-refractivity contribution in [3.63, 3.8) is 0 Å². The van der Waals surface area contributed by atoms with Crippen LogP contribution in [-0.2, 0) is 4.74 Å². The number of aryl methyl sites for hydroxylation is 1. The van der Waals surface area contributed by atoms with Gasteiger partial charge in [-0.2, -0.15) is 0 Å². The molecule has 0 spiro atoms. The summed E-state index contributed by atoms with van der Waals surface area (Å²) < 4.78 is 10.7. The Morgan fingerprint density at radius 1 is 1.31 bits per heavy atom. The van der Waals surface area contributed by atoms with E-state index in [4.69, 9.17) is 9.47 Å². The van der Waals surface area contributed by atoms with Crippen molar-refractivity contribution in [1.29, 1.82) is 0 Å². The van der Waals surface area contributed by atoms with E-state index >= 15 is 0 Å². The molecule has 0 radical (unpaired) electrons. The molecule has 0 saturated carbocycles. The molecule has 0 aliphatic carbocycles. The van der Waals surface area contributed by atoms with Crippen LogP contribution in [0.15, 0.2) is 12.4 Å². The lowest BCUT2D eigenvalue weighted by Crippen LogP contribution is -2.38. The van der Waals surface area contributed by atoms with Crippen LogP contribution in [0.5, 0.6) is 6.01 Å². The van der Waals surface area contributed by atoms with E-state index in [-0.39, 0.29) is 0 Å². The van der Waals surface area contributed by atoms with Gasteiger partial charge in [0.25, 0.3) is 0 Å². The van der Waals surface area contributed by atoms with Gasteiger partial charge in [0.15, 0.2) is 0 Å². The van der Waals surface area contributed by atoms with Gasteiger partial charge in [0, 0.05) is 32.0 Å². The van der Waals surface area contributed by atoms with Crippen LogP contribution in [0.3, 0.4) is 0 Å². The lowest BCUT2D eigenvalue weighted by molar-refractivity contribution is 0.0317. The number of hydrogen-bond donors (Lipinski definition) is 0. The third kappa shape index (κ3) is 3.43. The Kier molecular flexibility index (Phi) is 4.07. The molecule has 1 aliphatic heterocycles. The molecule has 1 aliphatic rings. The van der Waals surface area contributed by atoms with E-state index in [0.717, 1.165) is 38.4 Å². The summed E-state index contributed by atoms with van der Waals surface area (Å²) in [5.74, 6) is 0. The molecule has 2 heterocycles. The normalized spacial score (nSPS) is 17.3. The second-order valence-corrected chi connectivity index (χ2v) is 3.85. The van der Waals surface area contributed by atoms with Crippen LogP contribution in [0.25, 0.3) is 0 Å². The number of aromatic nitrogens is 2. The first-order valence-electron chi connectivity index (χ1n) is 5.56. The van der Waals surface area contributed by atoms with Crippen molar-refractivity contribution in [3.8, 4) is 6.01 Å². The quantitative estimate of drug-likeness (QED) is 0.743. The SMILES string of the molecule is Cc1cnc(OCCN2CCOCC2)nc1. The Bertz CT molecular complexity index is 310. The van der Waals surface area contributed by atoms with E-state index in [0.29, 0.717) is 12.6 Å². The highest BCUT2D eigenvalue weighted by atomic mass is 16.5. The Morgan fingerprint density at radius 3 is 2.69 bits per heavy atom. The summed E-state index contributed by atoms with van der Waals surface area (Å²) in [5.41, 5.74) is 1.04. The predicted molar refractivity (Wildman–Crippen MR) is 59.5 cm³/mol. The largest absolute Gasteiger partial charge is 0.462 e. The molecule has 0 unspecified atom stereocenters. The summed E-state index contributed by atoms with van der Waals surface area (Å²) in [4.78, 5) is 10.5. The van der Waals surface area contributed by atoms with Crippen molar-refractivity contribution < 1.29 is 9.47 Å². The molecule has 0 aromatic carbocycles. The second kappa shape index (κ2) is 5.77. The van der Waals surface area contributed by atoms with Crippen molar-refractivity contribution in [2.24, 2.45) is 0 Å². The molecule has 1 saturated heterocycles. The summed E-state index contributed by atoms with van der Waals surface area (Å²) in [6, 6.07) is 0.457. The predicted octanol–water partition coefficient (Wildman–Crippen LogP) is 0.496. The zero-order chi connectivity index (χ0) is 11.2. The van der Waals surface area contributed by atoms with E-state index in [9.17, 15) is 0 Å². The van der Waals surface area contributed by atoms with Crippen molar-refractivity contribution >= 4 is 0 Å². The summed E-state index contributed by atoms with van der Waals surface area (Å²) in [7, 11) is 0. The van der Waals surface area contributed by atoms with Crippen LogP contribution < -0.4 is 4.74 Å². The highest BCUT2D eigenvalue weighted by Gasteiger charge is 2.09. The lowest BCUT2D eigenvalue weighted by Gasteiger charge is -2.26. The molecular formula is C11H17N3O2. The van der Waals surface area contributed by atoms with Gasteiger partial charge in [-0.25, -0.2) is 9.97 Å². The van der Waals surface area contributed by atoms with Crippen LogP contribution in [0.1, 0.15) is 5.56 Å². The minimum atomic E-state index is 0.457. The summed E-state index contributed by atoms with van der Waals surface area (Å²) in [6.45, 7) is 7.10. The molecule has 0 N–H and O–H groups in total. The van der Waals surface area contributed by atoms with E-state index in [1.54, 1.807) is 12.4 Å². The van der Waals surface area contributed by atoms with Gasteiger partial charge in [-0.1, -0.05) is 0 Å². The summed E-state index contributed by atoms with van der Waals surface area (Å²) in [5, 5.41) is 0. The number of ether oxygens (including phenoxy) is 2. The van der Waals surface area contributed by atoms with Gasteiger partial charge < -0.3 is 9.47 Å². The van der Waals surface area contributed by atoms with Crippen LogP contribution in [-0.4, -0.2) is 54.3 Å². The molecule has 0 amide bonds. The number of hydrogen-bond acceptors (Lipinski definition) is 5. The van der Waals surface area contributed by atoms with Gasteiger partial charge in [0.05, 0.1) is 13.2 Å². The molecule has 1 aromatic rings. The molecule has 5 nitrogen and oxygen atoms in total. The minimum absolute atomic E-state index is 0.457. The summed E-state index contributed by atoms with van der Waals surface area (Å²) >= 11 is 0. The second-order valence-electron chi connectivity index (χ2n) is 3.85. The van der Waals surface area contributed by atoms with Crippen LogP contribution >= 0.6 is 0 Å². The van der Waals surface area contributed by atoms with Gasteiger partial charge in [-0.05, 0) is 12.5 Å². The number of rotatable bonds is 4. The maximum absolute atomic E-state index is 5.46. The average Bonchev–Trinajstić information content (AvgIpc) is 2.33. The highest BCUT2D eigenvalue weighted by Crippen LogP contribution is 2.02. The maximum atomic E-state index is 5.46. The molecule has 16 heavy (non-hydrogen) atoms. The maximum Gasteiger partial charge on any atom is 0.316 e. The van der Waals surface area contributed by atoms with Crippen LogP contribution in [0.4, 0.5) is 0 Å². The Balaban J connectivity index is 1.69. The molecule has 5 heteroatoms. The molecular weight excluding hydrogens is 206 g/mol. The van der Waals surface area contributed by atoms with Crippen molar-refractivity contribution in [2.45, 2.75) is 6.92 Å². The fraction of sp³-hybridized carbons (Fsp3) is 0.636. The van der Waals surface area contributed by atoms with Crippen LogP contribution in [0, 0.1) is 6.92 Å². The standard InChI is InChI=1S/C11H17N3O2/c1-10-8-12-11(13-9-10)16-7-4-14-2-5-15-6-3-14/h8-9H,2-7H2,1H3. The van der Waals surface area contributed by atoms with Crippen LogP contribution in [0.2, 0.25) is 0 Å². The number of nitrogens with zero attached hydrogens (tertiary/aromatic N) is 3. The first-order valence-corrected chi connectivity index (χ1v) is 5.56. The van der Waals surface area contributed by atoms with Gasteiger partial charge in [0.1, 0.15) is 6.61 Å². The van der Waals surface area contributed by atoms with Gasteiger partial charge in [0.2, 0.25) is 0 Å².